The molecule has 1 N–H and O–H groups in total. The van der Waals surface area contributed by atoms with Gasteiger partial charge in [-0.05, 0) is 82.2 Å². The molecule has 0 spiro atoms. The van der Waals surface area contributed by atoms with Gasteiger partial charge in [0.15, 0.2) is 11.5 Å². The minimum absolute atomic E-state index is 0.0323. The zero-order valence-corrected chi connectivity index (χ0v) is 22.3. The van der Waals surface area contributed by atoms with Gasteiger partial charge in [-0.1, -0.05) is 56.0 Å². The van der Waals surface area contributed by atoms with E-state index in [4.69, 9.17) is 32.7 Å². The first-order chi connectivity index (χ1) is 16.5. The van der Waals surface area contributed by atoms with Crippen LogP contribution in [-0.2, 0) is 13.2 Å². The maximum atomic E-state index is 14.1. The number of nitrogens with one attached hydrogen (secondary N) is 1. The van der Waals surface area contributed by atoms with Gasteiger partial charge in [-0.15, -0.1) is 0 Å². The van der Waals surface area contributed by atoms with Crippen LogP contribution in [0.3, 0.4) is 0 Å². The fourth-order valence-corrected chi connectivity index (χ4v) is 4.21. The summed E-state index contributed by atoms with van der Waals surface area (Å²) in [6, 6.07) is 8.35. The molecular weight excluding hydrogens is 474 g/mol. The second-order valence-corrected chi connectivity index (χ2v) is 9.22. The third-order valence-electron chi connectivity index (χ3n) is 5.60. The van der Waals surface area contributed by atoms with E-state index >= 15 is 0 Å². The Balaban J connectivity index is 1.92. The summed E-state index contributed by atoms with van der Waals surface area (Å²) in [5.74, 6) is 0.531. The lowest BCUT2D eigenvalue weighted by Gasteiger charge is -2.22. The van der Waals surface area contributed by atoms with E-state index in [1.54, 1.807) is 12.1 Å². The van der Waals surface area contributed by atoms with Crippen molar-refractivity contribution in [3.05, 3.63) is 57.3 Å². The summed E-state index contributed by atoms with van der Waals surface area (Å²) in [7, 11) is 0. The van der Waals surface area contributed by atoms with Gasteiger partial charge >= 0.3 is 0 Å². The monoisotopic (exact) mass is 512 g/mol. The maximum absolute atomic E-state index is 14.1. The molecule has 2 aromatic rings. The first-order valence-electron chi connectivity index (χ1n) is 12.4. The lowest BCUT2D eigenvalue weighted by Crippen LogP contribution is -2.29. The molecular formula is C27H39Cl2FN2O2. The van der Waals surface area contributed by atoms with Gasteiger partial charge in [0.2, 0.25) is 0 Å². The van der Waals surface area contributed by atoms with Gasteiger partial charge in [-0.2, -0.15) is 0 Å². The van der Waals surface area contributed by atoms with Gasteiger partial charge in [0.1, 0.15) is 12.4 Å². The van der Waals surface area contributed by atoms with Crippen molar-refractivity contribution in [2.24, 2.45) is 0 Å². The van der Waals surface area contributed by atoms with Crippen LogP contribution in [0.15, 0.2) is 30.3 Å². The number of hydrogen-bond acceptors (Lipinski definition) is 4. The van der Waals surface area contributed by atoms with E-state index in [9.17, 15) is 4.39 Å². The molecule has 190 valence electrons. The Morgan fingerprint density at radius 2 is 1.62 bits per heavy atom. The average molecular weight is 514 g/mol. The van der Waals surface area contributed by atoms with E-state index in [0.717, 1.165) is 25.1 Å². The summed E-state index contributed by atoms with van der Waals surface area (Å²) in [5, 5.41) is 4.26. The fraction of sp³-hybridized carbons (Fsp3) is 0.556. The summed E-state index contributed by atoms with van der Waals surface area (Å²) in [5.41, 5.74) is 1.30. The molecule has 34 heavy (non-hydrogen) atoms. The number of ether oxygens (including phenoxy) is 2. The third kappa shape index (κ3) is 9.61. The summed E-state index contributed by atoms with van der Waals surface area (Å²) >= 11 is 12.6. The SMILES string of the molecule is CCCCN(CCCC)CCCNCc1cc(Cl)c(OCc2c(F)cccc2Cl)c(OCC)c1. The smallest absolute Gasteiger partial charge is 0.180 e. The predicted molar refractivity (Wildman–Crippen MR) is 141 cm³/mol. The molecule has 0 aliphatic heterocycles. The van der Waals surface area contributed by atoms with Gasteiger partial charge in [0, 0.05) is 12.1 Å². The van der Waals surface area contributed by atoms with Gasteiger partial charge < -0.3 is 19.7 Å². The highest BCUT2D eigenvalue weighted by atomic mass is 35.5. The van der Waals surface area contributed by atoms with Crippen molar-refractivity contribution < 1.29 is 13.9 Å². The second kappa shape index (κ2) is 16.2. The summed E-state index contributed by atoms with van der Waals surface area (Å²) in [6.45, 7) is 11.9. The summed E-state index contributed by atoms with van der Waals surface area (Å²) in [4.78, 5) is 2.58. The lowest BCUT2D eigenvalue weighted by molar-refractivity contribution is 0.261. The van der Waals surface area contributed by atoms with E-state index < -0.39 is 5.82 Å². The first kappa shape index (κ1) is 28.7. The average Bonchev–Trinajstić information content (AvgIpc) is 2.81. The van der Waals surface area contributed by atoms with Crippen LogP contribution in [0.2, 0.25) is 10.0 Å². The van der Waals surface area contributed by atoms with Crippen molar-refractivity contribution in [1.82, 2.24) is 10.2 Å². The van der Waals surface area contributed by atoms with Gasteiger partial charge in [-0.25, -0.2) is 4.39 Å². The van der Waals surface area contributed by atoms with Crippen molar-refractivity contribution in [3.8, 4) is 11.5 Å². The quantitative estimate of drug-likeness (QED) is 0.222. The molecule has 2 aromatic carbocycles. The Bertz CT molecular complexity index is 839. The minimum Gasteiger partial charge on any atom is -0.490 e. The normalized spacial score (nSPS) is 11.3. The van der Waals surface area contributed by atoms with Crippen LogP contribution >= 0.6 is 23.2 Å². The maximum Gasteiger partial charge on any atom is 0.180 e. The molecule has 2 rings (SSSR count). The predicted octanol–water partition coefficient (Wildman–Crippen LogP) is 7.49. The molecule has 0 unspecified atom stereocenters. The molecule has 0 radical (unpaired) electrons. The van der Waals surface area contributed by atoms with Crippen molar-refractivity contribution in [2.45, 2.75) is 66.0 Å². The molecule has 0 fully saturated rings. The Kier molecular flexibility index (Phi) is 13.7. The minimum atomic E-state index is -0.412. The molecule has 0 saturated carbocycles. The number of halogens is 3. The topological polar surface area (TPSA) is 33.7 Å². The number of rotatable bonds is 17. The molecule has 0 aromatic heterocycles. The summed E-state index contributed by atoms with van der Waals surface area (Å²) in [6.07, 6.45) is 6.08. The third-order valence-corrected chi connectivity index (χ3v) is 6.24. The van der Waals surface area contributed by atoms with Crippen LogP contribution < -0.4 is 14.8 Å². The van der Waals surface area contributed by atoms with Crippen LogP contribution in [0.25, 0.3) is 0 Å². The van der Waals surface area contributed by atoms with Crippen molar-refractivity contribution in [2.75, 3.05) is 32.8 Å². The molecule has 0 bridgehead atoms. The van der Waals surface area contributed by atoms with Gasteiger partial charge in [0.25, 0.3) is 0 Å². The zero-order valence-electron chi connectivity index (χ0n) is 20.8. The molecule has 0 aliphatic rings. The van der Waals surface area contributed by atoms with Crippen LogP contribution in [0.4, 0.5) is 4.39 Å². The van der Waals surface area contributed by atoms with Crippen molar-refractivity contribution in [3.63, 3.8) is 0 Å². The first-order valence-corrected chi connectivity index (χ1v) is 13.2. The molecule has 0 atom stereocenters. The Hall–Kier alpha value is -1.53. The Morgan fingerprint density at radius 1 is 0.912 bits per heavy atom. The summed E-state index contributed by atoms with van der Waals surface area (Å²) < 4.78 is 25.7. The van der Waals surface area contributed by atoms with Crippen molar-refractivity contribution >= 4 is 23.2 Å². The molecule has 0 amide bonds. The van der Waals surface area contributed by atoms with Gasteiger partial charge in [0.05, 0.1) is 16.7 Å². The van der Waals surface area contributed by atoms with E-state index in [2.05, 4.69) is 24.1 Å². The molecule has 0 saturated heterocycles. The Morgan fingerprint density at radius 3 is 2.26 bits per heavy atom. The second-order valence-electron chi connectivity index (χ2n) is 8.41. The number of unbranched alkanes of at least 4 members (excludes halogenated alkanes) is 2. The van der Waals surface area contributed by atoms with E-state index in [1.165, 1.54) is 44.8 Å². The molecule has 7 heteroatoms. The van der Waals surface area contributed by atoms with Crippen LogP contribution in [0.5, 0.6) is 11.5 Å². The molecule has 4 nitrogen and oxygen atoms in total. The van der Waals surface area contributed by atoms with Gasteiger partial charge in [-0.3, -0.25) is 0 Å². The van der Waals surface area contributed by atoms with E-state index in [0.29, 0.717) is 40.3 Å². The number of hydrogen-bond donors (Lipinski definition) is 1. The lowest BCUT2D eigenvalue weighted by atomic mass is 10.2. The fourth-order valence-electron chi connectivity index (χ4n) is 3.70. The van der Waals surface area contributed by atoms with Crippen molar-refractivity contribution in [1.29, 1.82) is 0 Å². The van der Waals surface area contributed by atoms with Crippen LogP contribution in [0.1, 0.15) is 64.0 Å². The largest absolute Gasteiger partial charge is 0.490 e. The number of benzene rings is 2. The Labute approximate surface area is 214 Å². The zero-order chi connectivity index (χ0) is 24.8. The highest BCUT2D eigenvalue weighted by molar-refractivity contribution is 6.32. The highest BCUT2D eigenvalue weighted by Gasteiger charge is 2.15. The van der Waals surface area contributed by atoms with E-state index in [-0.39, 0.29) is 6.61 Å². The molecule has 0 heterocycles. The van der Waals surface area contributed by atoms with Crippen LogP contribution in [0, 0.1) is 5.82 Å². The molecule has 0 aliphatic carbocycles. The van der Waals surface area contributed by atoms with E-state index in [1.807, 2.05) is 19.1 Å². The highest BCUT2D eigenvalue weighted by Crippen LogP contribution is 2.37. The standard InChI is InChI=1S/C27H39Cl2FN2O2/c1-4-7-14-32(15-8-5-2)16-10-13-31-19-21-17-24(29)27(26(18-21)33-6-3)34-20-22-23(28)11-9-12-25(22)30/h9,11-12,17-18,31H,4-8,10,13-16,19-20H2,1-3H3. The van der Waals surface area contributed by atoms with Crippen LogP contribution in [-0.4, -0.2) is 37.7 Å². The number of nitrogens with zero attached hydrogens (tertiary/aromatic N) is 1.